The van der Waals surface area contributed by atoms with Crippen molar-refractivity contribution in [1.82, 2.24) is 4.98 Å². The number of hydrogen-bond donors (Lipinski definition) is 2. The standard InChI is InChI=1S/C9H12N2O2/c1-5(2)6-3-7(9(12)13)8(10)11-4-6/h3-5H,1-2H3,(H2,10,11)(H,12,13). The van der Waals surface area contributed by atoms with Crippen molar-refractivity contribution < 1.29 is 9.90 Å². The van der Waals surface area contributed by atoms with Crippen LogP contribution in [0.3, 0.4) is 0 Å². The van der Waals surface area contributed by atoms with Gasteiger partial charge in [0.1, 0.15) is 11.4 Å². The Kier molecular flexibility index (Phi) is 2.51. The quantitative estimate of drug-likeness (QED) is 0.722. The zero-order valence-corrected chi connectivity index (χ0v) is 7.61. The molecule has 0 bridgehead atoms. The SMILES string of the molecule is CC(C)c1cnc(N)c(C(=O)O)c1. The fraction of sp³-hybridized carbons (Fsp3) is 0.333. The van der Waals surface area contributed by atoms with Crippen LogP contribution in [0.5, 0.6) is 0 Å². The third-order valence-electron chi connectivity index (χ3n) is 1.84. The lowest BCUT2D eigenvalue weighted by Gasteiger charge is -2.06. The van der Waals surface area contributed by atoms with Crippen molar-refractivity contribution in [2.45, 2.75) is 19.8 Å². The Morgan fingerprint density at radius 3 is 2.69 bits per heavy atom. The van der Waals surface area contributed by atoms with E-state index in [1.165, 1.54) is 0 Å². The first-order valence-corrected chi connectivity index (χ1v) is 4.01. The van der Waals surface area contributed by atoms with Gasteiger partial charge in [0.2, 0.25) is 0 Å². The van der Waals surface area contributed by atoms with E-state index in [1.54, 1.807) is 12.3 Å². The molecular formula is C9H12N2O2. The van der Waals surface area contributed by atoms with Crippen LogP contribution in [0.15, 0.2) is 12.3 Å². The van der Waals surface area contributed by atoms with Crippen LogP contribution < -0.4 is 5.73 Å². The van der Waals surface area contributed by atoms with Crippen LogP contribution >= 0.6 is 0 Å². The van der Waals surface area contributed by atoms with E-state index >= 15 is 0 Å². The summed E-state index contributed by atoms with van der Waals surface area (Å²) in [6, 6.07) is 1.56. The minimum absolute atomic E-state index is 0.0666. The van der Waals surface area contributed by atoms with Gasteiger partial charge in [0.15, 0.2) is 0 Å². The number of aromatic carboxylic acids is 1. The maximum absolute atomic E-state index is 10.7. The van der Waals surface area contributed by atoms with E-state index in [1.807, 2.05) is 13.8 Å². The predicted molar refractivity (Wildman–Crippen MR) is 49.7 cm³/mol. The van der Waals surface area contributed by atoms with E-state index in [2.05, 4.69) is 4.98 Å². The maximum Gasteiger partial charge on any atom is 0.339 e. The number of aromatic nitrogens is 1. The largest absolute Gasteiger partial charge is 0.478 e. The summed E-state index contributed by atoms with van der Waals surface area (Å²) in [5.74, 6) is -0.712. The average molecular weight is 180 g/mol. The van der Waals surface area contributed by atoms with Crippen LogP contribution in [0.4, 0.5) is 5.82 Å². The number of carbonyl (C=O) groups is 1. The molecule has 0 radical (unpaired) electrons. The van der Waals surface area contributed by atoms with Crippen LogP contribution in [0.1, 0.15) is 35.7 Å². The van der Waals surface area contributed by atoms with Gasteiger partial charge in [0.25, 0.3) is 0 Å². The zero-order valence-electron chi connectivity index (χ0n) is 7.61. The van der Waals surface area contributed by atoms with Gasteiger partial charge in [-0.05, 0) is 17.5 Å². The number of nitrogens with zero attached hydrogens (tertiary/aromatic N) is 1. The summed E-state index contributed by atoms with van der Waals surface area (Å²) in [6.07, 6.45) is 1.60. The summed E-state index contributed by atoms with van der Waals surface area (Å²) in [5, 5.41) is 8.75. The van der Waals surface area contributed by atoms with E-state index in [-0.39, 0.29) is 17.3 Å². The topological polar surface area (TPSA) is 76.2 Å². The van der Waals surface area contributed by atoms with Crippen LogP contribution in [0.2, 0.25) is 0 Å². The van der Waals surface area contributed by atoms with Crippen molar-refractivity contribution in [3.8, 4) is 0 Å². The Morgan fingerprint density at radius 1 is 1.62 bits per heavy atom. The number of nitrogens with two attached hydrogens (primary N) is 1. The van der Waals surface area contributed by atoms with E-state index in [0.29, 0.717) is 0 Å². The van der Waals surface area contributed by atoms with Crippen molar-refractivity contribution in [3.05, 3.63) is 23.4 Å². The normalized spacial score (nSPS) is 10.4. The second kappa shape index (κ2) is 3.43. The second-order valence-electron chi connectivity index (χ2n) is 3.16. The summed E-state index contributed by atoms with van der Waals surface area (Å²) in [4.78, 5) is 14.5. The number of carboxylic acid groups (broad SMARTS) is 1. The fourth-order valence-electron chi connectivity index (χ4n) is 0.979. The van der Waals surface area contributed by atoms with Crippen LogP contribution in [-0.4, -0.2) is 16.1 Å². The Morgan fingerprint density at radius 2 is 2.23 bits per heavy atom. The lowest BCUT2D eigenvalue weighted by Crippen LogP contribution is -2.06. The van der Waals surface area contributed by atoms with Gasteiger partial charge in [-0.25, -0.2) is 9.78 Å². The number of hydrogen-bond acceptors (Lipinski definition) is 3. The van der Waals surface area contributed by atoms with Crippen LogP contribution in [0.25, 0.3) is 0 Å². The molecule has 0 saturated carbocycles. The highest BCUT2D eigenvalue weighted by Crippen LogP contribution is 2.17. The highest BCUT2D eigenvalue weighted by molar-refractivity contribution is 5.92. The van der Waals surface area contributed by atoms with Crippen molar-refractivity contribution in [1.29, 1.82) is 0 Å². The monoisotopic (exact) mass is 180 g/mol. The molecule has 0 unspecified atom stereocenters. The fourth-order valence-corrected chi connectivity index (χ4v) is 0.979. The van der Waals surface area contributed by atoms with Gasteiger partial charge in [0.05, 0.1) is 0 Å². The molecule has 13 heavy (non-hydrogen) atoms. The van der Waals surface area contributed by atoms with Gasteiger partial charge in [-0.3, -0.25) is 0 Å². The van der Waals surface area contributed by atoms with Crippen LogP contribution in [0, 0.1) is 0 Å². The molecule has 1 aromatic heterocycles. The summed E-state index contributed by atoms with van der Waals surface area (Å²) >= 11 is 0. The summed E-state index contributed by atoms with van der Waals surface area (Å²) in [7, 11) is 0. The number of nitrogen functional groups attached to an aromatic ring is 1. The van der Waals surface area contributed by atoms with Gasteiger partial charge in [-0.1, -0.05) is 13.8 Å². The van der Waals surface area contributed by atoms with Crippen molar-refractivity contribution in [2.24, 2.45) is 0 Å². The molecule has 70 valence electrons. The molecule has 0 aromatic carbocycles. The average Bonchev–Trinajstić information content (AvgIpc) is 2.04. The highest BCUT2D eigenvalue weighted by Gasteiger charge is 2.10. The third-order valence-corrected chi connectivity index (χ3v) is 1.84. The smallest absolute Gasteiger partial charge is 0.339 e. The maximum atomic E-state index is 10.7. The van der Waals surface area contributed by atoms with Crippen LogP contribution in [-0.2, 0) is 0 Å². The Balaban J connectivity index is 3.19. The second-order valence-corrected chi connectivity index (χ2v) is 3.16. The molecular weight excluding hydrogens is 168 g/mol. The number of carboxylic acids is 1. The predicted octanol–water partition coefficient (Wildman–Crippen LogP) is 1.49. The molecule has 0 aliphatic heterocycles. The molecule has 0 fully saturated rings. The molecule has 4 nitrogen and oxygen atoms in total. The molecule has 0 amide bonds. The minimum atomic E-state index is -1.03. The zero-order chi connectivity index (χ0) is 10.0. The minimum Gasteiger partial charge on any atom is -0.478 e. The van der Waals surface area contributed by atoms with E-state index < -0.39 is 5.97 Å². The van der Waals surface area contributed by atoms with Gasteiger partial charge in [-0.2, -0.15) is 0 Å². The first-order valence-electron chi connectivity index (χ1n) is 4.01. The number of anilines is 1. The summed E-state index contributed by atoms with van der Waals surface area (Å²) in [6.45, 7) is 3.94. The van der Waals surface area contributed by atoms with Crippen molar-refractivity contribution in [2.75, 3.05) is 5.73 Å². The lowest BCUT2D eigenvalue weighted by atomic mass is 10.0. The molecule has 3 N–H and O–H groups in total. The molecule has 0 saturated heterocycles. The molecule has 1 heterocycles. The third kappa shape index (κ3) is 1.96. The molecule has 0 aliphatic rings. The summed E-state index contributed by atoms with van der Waals surface area (Å²) in [5.41, 5.74) is 6.35. The van der Waals surface area contributed by atoms with Gasteiger partial charge in [-0.15, -0.1) is 0 Å². The van der Waals surface area contributed by atoms with Gasteiger partial charge < -0.3 is 10.8 Å². The van der Waals surface area contributed by atoms with Crippen molar-refractivity contribution in [3.63, 3.8) is 0 Å². The Labute approximate surface area is 76.4 Å². The van der Waals surface area contributed by atoms with E-state index in [0.717, 1.165) is 5.56 Å². The van der Waals surface area contributed by atoms with Gasteiger partial charge in [0, 0.05) is 6.20 Å². The highest BCUT2D eigenvalue weighted by atomic mass is 16.4. The first kappa shape index (κ1) is 9.51. The Hall–Kier alpha value is -1.58. The van der Waals surface area contributed by atoms with Crippen molar-refractivity contribution >= 4 is 11.8 Å². The molecule has 0 spiro atoms. The van der Waals surface area contributed by atoms with Gasteiger partial charge >= 0.3 is 5.97 Å². The molecule has 0 atom stereocenters. The lowest BCUT2D eigenvalue weighted by molar-refractivity contribution is 0.0697. The number of rotatable bonds is 2. The summed E-state index contributed by atoms with van der Waals surface area (Å²) < 4.78 is 0. The molecule has 1 rings (SSSR count). The molecule has 1 aromatic rings. The number of pyridine rings is 1. The van der Waals surface area contributed by atoms with E-state index in [4.69, 9.17) is 10.8 Å². The molecule has 4 heteroatoms. The Bertz CT molecular complexity index is 334. The van der Waals surface area contributed by atoms with E-state index in [9.17, 15) is 4.79 Å². The first-order chi connectivity index (χ1) is 6.02. The molecule has 0 aliphatic carbocycles.